The molecule has 0 saturated carbocycles. The highest BCUT2D eigenvalue weighted by atomic mass is 16.3. The van der Waals surface area contributed by atoms with Crippen LogP contribution in [0.25, 0.3) is 0 Å². The zero-order valence-corrected chi connectivity index (χ0v) is 14.3. The van der Waals surface area contributed by atoms with Crippen LogP contribution in [-0.4, -0.2) is 31.3 Å². The maximum Gasteiger partial charge on any atom is 0.0644 e. The van der Waals surface area contributed by atoms with E-state index in [9.17, 15) is 0 Å². The van der Waals surface area contributed by atoms with Crippen molar-refractivity contribution in [3.63, 3.8) is 0 Å². The first kappa shape index (κ1) is 16.2. The molecule has 6 nitrogen and oxygen atoms in total. The molecule has 0 aromatic carbocycles. The number of aliphatic hydroxyl groups excluding tert-OH is 1. The molecule has 0 amide bonds. The Morgan fingerprint density at radius 1 is 1.35 bits per heavy atom. The Bertz CT molecular complexity index is 673. The van der Waals surface area contributed by atoms with Gasteiger partial charge >= 0.3 is 0 Å². The second-order valence-electron chi connectivity index (χ2n) is 6.28. The minimum absolute atomic E-state index is 0.140. The average molecular weight is 317 g/mol. The highest BCUT2D eigenvalue weighted by Crippen LogP contribution is 2.30. The first-order valence-corrected chi connectivity index (χ1v) is 8.57. The van der Waals surface area contributed by atoms with Gasteiger partial charge in [-0.1, -0.05) is 0 Å². The fourth-order valence-corrected chi connectivity index (χ4v) is 3.64. The van der Waals surface area contributed by atoms with E-state index in [2.05, 4.69) is 41.0 Å². The summed E-state index contributed by atoms with van der Waals surface area (Å²) < 4.78 is 4.02. The predicted octanol–water partition coefficient (Wildman–Crippen LogP) is 1.88. The molecule has 0 spiro atoms. The smallest absolute Gasteiger partial charge is 0.0644 e. The number of aliphatic hydroxyl groups is 1. The van der Waals surface area contributed by atoms with E-state index >= 15 is 0 Å². The van der Waals surface area contributed by atoms with E-state index in [-0.39, 0.29) is 6.61 Å². The first-order chi connectivity index (χ1) is 11.2. The van der Waals surface area contributed by atoms with Gasteiger partial charge in [-0.3, -0.25) is 9.36 Å². The van der Waals surface area contributed by atoms with Crippen molar-refractivity contribution in [2.75, 3.05) is 6.61 Å². The van der Waals surface area contributed by atoms with Gasteiger partial charge in [0.1, 0.15) is 0 Å². The van der Waals surface area contributed by atoms with E-state index in [1.807, 2.05) is 10.9 Å². The summed E-state index contributed by atoms with van der Waals surface area (Å²) in [6.45, 7) is 8.83. The molecular weight excluding hydrogens is 290 g/mol. The Hall–Kier alpha value is -1.66. The van der Waals surface area contributed by atoms with E-state index in [0.29, 0.717) is 12.6 Å². The SMILES string of the molecule is CCn1nc(C)c(CNC2CCCc3c2cnn3CCO)c1C. The Labute approximate surface area is 137 Å². The van der Waals surface area contributed by atoms with Gasteiger partial charge in [-0.25, -0.2) is 0 Å². The predicted molar refractivity (Wildman–Crippen MR) is 89.2 cm³/mol. The Morgan fingerprint density at radius 2 is 2.17 bits per heavy atom. The molecular formula is C17H27N5O. The van der Waals surface area contributed by atoms with Gasteiger partial charge < -0.3 is 10.4 Å². The van der Waals surface area contributed by atoms with Crippen molar-refractivity contribution in [1.82, 2.24) is 24.9 Å². The van der Waals surface area contributed by atoms with Crippen LogP contribution in [0, 0.1) is 13.8 Å². The molecule has 2 heterocycles. The minimum Gasteiger partial charge on any atom is -0.394 e. The van der Waals surface area contributed by atoms with E-state index in [1.165, 1.54) is 22.5 Å². The maximum atomic E-state index is 9.16. The summed E-state index contributed by atoms with van der Waals surface area (Å²) in [4.78, 5) is 0. The lowest BCUT2D eigenvalue weighted by molar-refractivity contribution is 0.266. The number of hydrogen-bond acceptors (Lipinski definition) is 4. The average Bonchev–Trinajstić information content (AvgIpc) is 3.08. The molecule has 2 aromatic rings. The molecule has 23 heavy (non-hydrogen) atoms. The monoisotopic (exact) mass is 317 g/mol. The third kappa shape index (κ3) is 3.05. The lowest BCUT2D eigenvalue weighted by atomic mass is 9.92. The lowest BCUT2D eigenvalue weighted by Gasteiger charge is -2.24. The fourth-order valence-electron chi connectivity index (χ4n) is 3.64. The molecule has 3 rings (SSSR count). The quantitative estimate of drug-likeness (QED) is 0.853. The molecule has 1 atom stereocenters. The molecule has 1 aliphatic carbocycles. The Kier molecular flexibility index (Phi) is 4.82. The van der Waals surface area contributed by atoms with Crippen molar-refractivity contribution in [1.29, 1.82) is 0 Å². The third-order valence-corrected chi connectivity index (χ3v) is 4.93. The Balaban J connectivity index is 1.74. The fraction of sp³-hybridized carbons (Fsp3) is 0.647. The summed E-state index contributed by atoms with van der Waals surface area (Å²) in [6, 6.07) is 0.343. The maximum absolute atomic E-state index is 9.16. The summed E-state index contributed by atoms with van der Waals surface area (Å²) in [5.74, 6) is 0. The number of aryl methyl sites for hydroxylation is 2. The summed E-state index contributed by atoms with van der Waals surface area (Å²) in [6.07, 6.45) is 5.32. The van der Waals surface area contributed by atoms with Gasteiger partial charge in [-0.05, 0) is 40.0 Å². The van der Waals surface area contributed by atoms with Crippen molar-refractivity contribution < 1.29 is 5.11 Å². The van der Waals surface area contributed by atoms with Gasteiger partial charge in [0, 0.05) is 41.6 Å². The summed E-state index contributed by atoms with van der Waals surface area (Å²) >= 11 is 0. The zero-order chi connectivity index (χ0) is 16.4. The van der Waals surface area contributed by atoms with Crippen LogP contribution in [0.3, 0.4) is 0 Å². The van der Waals surface area contributed by atoms with Gasteiger partial charge in [0.2, 0.25) is 0 Å². The summed E-state index contributed by atoms with van der Waals surface area (Å²) in [7, 11) is 0. The number of rotatable bonds is 6. The van der Waals surface area contributed by atoms with Crippen LogP contribution in [0.15, 0.2) is 6.20 Å². The van der Waals surface area contributed by atoms with Crippen molar-refractivity contribution in [2.24, 2.45) is 0 Å². The van der Waals surface area contributed by atoms with Crippen LogP contribution in [0.2, 0.25) is 0 Å². The molecule has 0 aliphatic heterocycles. The number of hydrogen-bond donors (Lipinski definition) is 2. The highest BCUT2D eigenvalue weighted by Gasteiger charge is 2.24. The molecule has 0 fully saturated rings. The van der Waals surface area contributed by atoms with E-state index in [1.54, 1.807) is 0 Å². The summed E-state index contributed by atoms with van der Waals surface area (Å²) in [5.41, 5.74) is 6.25. The van der Waals surface area contributed by atoms with Crippen LogP contribution < -0.4 is 5.32 Å². The van der Waals surface area contributed by atoms with Crippen LogP contribution in [0.1, 0.15) is 54.0 Å². The topological polar surface area (TPSA) is 67.9 Å². The molecule has 2 N–H and O–H groups in total. The number of nitrogens with one attached hydrogen (secondary N) is 1. The standard InChI is InChI=1S/C17H27N5O/c1-4-21-13(3)14(12(2)20-21)10-18-16-6-5-7-17-15(16)11-19-22(17)8-9-23/h11,16,18,23H,4-10H2,1-3H3. The molecule has 1 unspecified atom stereocenters. The van der Waals surface area contributed by atoms with Crippen molar-refractivity contribution in [2.45, 2.75) is 65.7 Å². The second kappa shape index (κ2) is 6.84. The molecule has 1 aliphatic rings. The molecule has 6 heteroatoms. The van der Waals surface area contributed by atoms with Crippen molar-refractivity contribution >= 4 is 0 Å². The second-order valence-corrected chi connectivity index (χ2v) is 6.28. The van der Waals surface area contributed by atoms with Gasteiger partial charge in [-0.15, -0.1) is 0 Å². The van der Waals surface area contributed by atoms with Gasteiger partial charge in [0.15, 0.2) is 0 Å². The summed E-state index contributed by atoms with van der Waals surface area (Å²) in [5, 5.41) is 21.9. The minimum atomic E-state index is 0.140. The molecule has 2 aromatic heterocycles. The third-order valence-electron chi connectivity index (χ3n) is 4.93. The van der Waals surface area contributed by atoms with Crippen LogP contribution >= 0.6 is 0 Å². The molecule has 126 valence electrons. The van der Waals surface area contributed by atoms with Crippen molar-refractivity contribution in [3.8, 4) is 0 Å². The zero-order valence-electron chi connectivity index (χ0n) is 14.3. The molecule has 0 bridgehead atoms. The van der Waals surface area contributed by atoms with E-state index in [4.69, 9.17) is 5.11 Å². The number of fused-ring (bicyclic) bond motifs is 1. The Morgan fingerprint density at radius 3 is 2.87 bits per heavy atom. The number of nitrogens with zero attached hydrogens (tertiary/aromatic N) is 4. The highest BCUT2D eigenvalue weighted by molar-refractivity contribution is 5.27. The number of aromatic nitrogens is 4. The van der Waals surface area contributed by atoms with E-state index < -0.39 is 0 Å². The van der Waals surface area contributed by atoms with Crippen LogP contribution in [-0.2, 0) is 26.1 Å². The van der Waals surface area contributed by atoms with Crippen molar-refractivity contribution in [3.05, 3.63) is 34.4 Å². The van der Waals surface area contributed by atoms with Crippen LogP contribution in [0.5, 0.6) is 0 Å². The van der Waals surface area contributed by atoms with Crippen LogP contribution in [0.4, 0.5) is 0 Å². The molecule has 0 radical (unpaired) electrons. The van der Waals surface area contributed by atoms with Gasteiger partial charge in [-0.2, -0.15) is 10.2 Å². The van der Waals surface area contributed by atoms with E-state index in [0.717, 1.165) is 38.0 Å². The molecule has 0 saturated heterocycles. The first-order valence-electron chi connectivity index (χ1n) is 8.57. The van der Waals surface area contributed by atoms with Gasteiger partial charge in [0.05, 0.1) is 25.0 Å². The van der Waals surface area contributed by atoms with Gasteiger partial charge in [0.25, 0.3) is 0 Å². The normalized spacial score (nSPS) is 17.5. The lowest BCUT2D eigenvalue weighted by Crippen LogP contribution is -2.25. The largest absolute Gasteiger partial charge is 0.394 e.